The number of nitrogens with zero attached hydrogens (tertiary/aromatic N) is 3. The summed E-state index contributed by atoms with van der Waals surface area (Å²) in [5.41, 5.74) is 1.17. The van der Waals surface area contributed by atoms with Crippen molar-refractivity contribution in [1.82, 2.24) is 10.2 Å². The maximum Gasteiger partial charge on any atom is 0.150 e. The minimum atomic E-state index is 0.490. The van der Waals surface area contributed by atoms with Crippen LogP contribution in [0, 0.1) is 0 Å². The van der Waals surface area contributed by atoms with Gasteiger partial charge in [-0.2, -0.15) is 17.7 Å². The molecule has 1 saturated heterocycles. The first kappa shape index (κ1) is 12.1. The van der Waals surface area contributed by atoms with Crippen molar-refractivity contribution in [1.29, 1.82) is 0 Å². The Bertz CT molecular complexity index is 406. The maximum absolute atomic E-state index is 4.53. The lowest BCUT2D eigenvalue weighted by molar-refractivity contribution is 0.745. The van der Waals surface area contributed by atoms with Crippen molar-refractivity contribution >= 4 is 24.1 Å². The Labute approximate surface area is 114 Å². The van der Waals surface area contributed by atoms with E-state index in [9.17, 15) is 0 Å². The van der Waals surface area contributed by atoms with Gasteiger partial charge in [0.15, 0.2) is 5.82 Å². The second-order valence-electron chi connectivity index (χ2n) is 5.31. The molecule has 0 radical (unpaired) electrons. The van der Waals surface area contributed by atoms with Crippen LogP contribution in [0.4, 0.5) is 11.5 Å². The molecule has 2 aliphatic rings. The lowest BCUT2D eigenvalue weighted by Crippen LogP contribution is -2.21. The number of hydrogen-bond donors (Lipinski definition) is 2. The van der Waals surface area contributed by atoms with Crippen LogP contribution >= 0.6 is 12.6 Å². The van der Waals surface area contributed by atoms with Gasteiger partial charge in [0.05, 0.1) is 11.9 Å². The zero-order valence-corrected chi connectivity index (χ0v) is 11.4. The topological polar surface area (TPSA) is 41.1 Å². The summed E-state index contributed by atoms with van der Waals surface area (Å²) in [6.07, 6.45) is 8.18. The molecule has 4 nitrogen and oxygen atoms in total. The first-order valence-corrected chi connectivity index (χ1v) is 7.35. The van der Waals surface area contributed by atoms with E-state index in [0.29, 0.717) is 11.3 Å². The Kier molecular flexibility index (Phi) is 3.59. The molecule has 1 aromatic heterocycles. The highest BCUT2D eigenvalue weighted by Crippen LogP contribution is 2.25. The molecule has 0 bridgehead atoms. The highest BCUT2D eigenvalue weighted by Gasteiger charge is 2.21. The Morgan fingerprint density at radius 1 is 1.28 bits per heavy atom. The normalized spacial score (nSPS) is 24.7. The van der Waals surface area contributed by atoms with Gasteiger partial charge in [-0.15, -0.1) is 5.10 Å². The van der Waals surface area contributed by atoms with E-state index in [1.165, 1.54) is 31.4 Å². The van der Waals surface area contributed by atoms with Crippen LogP contribution < -0.4 is 10.2 Å². The summed E-state index contributed by atoms with van der Waals surface area (Å²) in [6, 6.07) is 2.71. The Morgan fingerprint density at radius 2 is 2.11 bits per heavy atom. The summed E-state index contributed by atoms with van der Waals surface area (Å²) < 4.78 is 0. The van der Waals surface area contributed by atoms with Crippen LogP contribution in [0.3, 0.4) is 0 Å². The summed E-state index contributed by atoms with van der Waals surface area (Å²) in [6.45, 7) is 2.08. The van der Waals surface area contributed by atoms with Gasteiger partial charge >= 0.3 is 0 Å². The summed E-state index contributed by atoms with van der Waals surface area (Å²) in [7, 11) is 0. The van der Waals surface area contributed by atoms with Crippen molar-refractivity contribution in [2.75, 3.05) is 23.3 Å². The van der Waals surface area contributed by atoms with Crippen LogP contribution in [-0.2, 0) is 0 Å². The molecule has 1 aromatic rings. The average Bonchev–Trinajstić information content (AvgIpc) is 3.01. The molecular formula is C13H20N4S. The van der Waals surface area contributed by atoms with Gasteiger partial charge in [0.25, 0.3) is 0 Å². The van der Waals surface area contributed by atoms with Crippen LogP contribution in [0.2, 0.25) is 0 Å². The number of thiol groups is 1. The first-order valence-electron chi connectivity index (χ1n) is 6.83. The molecule has 1 aliphatic carbocycles. The highest BCUT2D eigenvalue weighted by atomic mass is 32.1. The lowest BCUT2D eigenvalue weighted by Gasteiger charge is -2.19. The number of aromatic nitrogens is 2. The number of anilines is 2. The third-order valence-corrected chi connectivity index (χ3v) is 4.30. The van der Waals surface area contributed by atoms with E-state index in [-0.39, 0.29) is 0 Å². The molecular weight excluding hydrogens is 244 g/mol. The van der Waals surface area contributed by atoms with Crippen LogP contribution in [0.1, 0.15) is 32.1 Å². The van der Waals surface area contributed by atoms with Gasteiger partial charge in [0.1, 0.15) is 0 Å². The molecule has 18 heavy (non-hydrogen) atoms. The zero-order chi connectivity index (χ0) is 12.4. The molecule has 5 heteroatoms. The fourth-order valence-corrected chi connectivity index (χ4v) is 3.17. The summed E-state index contributed by atoms with van der Waals surface area (Å²) in [4.78, 5) is 2.34. The fourth-order valence-electron chi connectivity index (χ4n) is 2.86. The maximum atomic E-state index is 4.53. The summed E-state index contributed by atoms with van der Waals surface area (Å²) in [5.74, 6) is 0.919. The van der Waals surface area contributed by atoms with E-state index in [4.69, 9.17) is 0 Å². The molecule has 0 aromatic carbocycles. The molecule has 98 valence electrons. The lowest BCUT2D eigenvalue weighted by atomic mass is 10.2. The quantitative estimate of drug-likeness (QED) is 0.822. The summed E-state index contributed by atoms with van der Waals surface area (Å²) in [5, 5.41) is 12.3. The molecule has 1 atom stereocenters. The Hall–Kier alpha value is -0.970. The van der Waals surface area contributed by atoms with Gasteiger partial charge in [-0.3, -0.25) is 0 Å². The minimum Gasteiger partial charge on any atom is -0.369 e. The van der Waals surface area contributed by atoms with Gasteiger partial charge in [-0.1, -0.05) is 12.8 Å². The van der Waals surface area contributed by atoms with Crippen molar-refractivity contribution in [2.45, 2.75) is 43.4 Å². The van der Waals surface area contributed by atoms with E-state index in [0.717, 1.165) is 25.3 Å². The molecule has 1 unspecified atom stereocenters. The molecule has 1 saturated carbocycles. The molecule has 0 amide bonds. The van der Waals surface area contributed by atoms with Gasteiger partial charge in [0, 0.05) is 30.4 Å². The molecule has 1 aliphatic heterocycles. The number of nitrogens with one attached hydrogen (secondary N) is 1. The first-order chi connectivity index (χ1) is 8.81. The third kappa shape index (κ3) is 2.71. The van der Waals surface area contributed by atoms with Crippen molar-refractivity contribution in [3.63, 3.8) is 0 Å². The van der Waals surface area contributed by atoms with Gasteiger partial charge < -0.3 is 10.2 Å². The van der Waals surface area contributed by atoms with E-state index in [1.807, 2.05) is 6.20 Å². The largest absolute Gasteiger partial charge is 0.369 e. The van der Waals surface area contributed by atoms with Gasteiger partial charge in [0.2, 0.25) is 0 Å². The fraction of sp³-hybridized carbons (Fsp3) is 0.692. The van der Waals surface area contributed by atoms with Crippen LogP contribution in [0.15, 0.2) is 12.3 Å². The van der Waals surface area contributed by atoms with Gasteiger partial charge in [-0.25, -0.2) is 0 Å². The van der Waals surface area contributed by atoms with Crippen LogP contribution in [0.5, 0.6) is 0 Å². The molecule has 0 spiro atoms. The Balaban J connectivity index is 1.68. The number of rotatable bonds is 3. The second kappa shape index (κ2) is 5.34. The predicted molar refractivity (Wildman–Crippen MR) is 77.5 cm³/mol. The van der Waals surface area contributed by atoms with Crippen LogP contribution in [-0.4, -0.2) is 34.6 Å². The van der Waals surface area contributed by atoms with Crippen molar-refractivity contribution < 1.29 is 0 Å². The zero-order valence-electron chi connectivity index (χ0n) is 10.5. The molecule has 2 fully saturated rings. The second-order valence-corrected chi connectivity index (χ2v) is 6.04. The van der Waals surface area contributed by atoms with Crippen LogP contribution in [0.25, 0.3) is 0 Å². The van der Waals surface area contributed by atoms with Crippen molar-refractivity contribution in [3.05, 3.63) is 12.3 Å². The molecule has 2 heterocycles. The van der Waals surface area contributed by atoms with Gasteiger partial charge in [-0.05, 0) is 19.3 Å². The van der Waals surface area contributed by atoms with E-state index in [2.05, 4.69) is 39.1 Å². The monoisotopic (exact) mass is 264 g/mol. The molecule has 1 N–H and O–H groups in total. The SMILES string of the molecule is SC1CCN(c2cnnc(NC3CCCC3)c2)C1. The minimum absolute atomic E-state index is 0.490. The Morgan fingerprint density at radius 3 is 2.83 bits per heavy atom. The van der Waals surface area contributed by atoms with Crippen molar-refractivity contribution in [2.24, 2.45) is 0 Å². The standard InChI is InChI=1S/C13H20N4S/c18-12-5-6-17(9-12)11-7-13(16-14-8-11)15-10-3-1-2-4-10/h7-8,10,12,18H,1-6,9H2,(H,15,16). The number of hydrogen-bond acceptors (Lipinski definition) is 5. The van der Waals surface area contributed by atoms with E-state index >= 15 is 0 Å². The smallest absolute Gasteiger partial charge is 0.150 e. The third-order valence-electron chi connectivity index (χ3n) is 3.88. The predicted octanol–water partition coefficient (Wildman–Crippen LogP) is 2.34. The van der Waals surface area contributed by atoms with E-state index < -0.39 is 0 Å². The highest BCUT2D eigenvalue weighted by molar-refractivity contribution is 7.81. The molecule has 3 rings (SSSR count). The van der Waals surface area contributed by atoms with E-state index in [1.54, 1.807) is 0 Å². The summed E-state index contributed by atoms with van der Waals surface area (Å²) >= 11 is 4.53. The average molecular weight is 264 g/mol. The van der Waals surface area contributed by atoms with Crippen molar-refractivity contribution in [3.8, 4) is 0 Å².